The average molecular weight is 247 g/mol. The Morgan fingerprint density at radius 3 is 2.72 bits per heavy atom. The fourth-order valence-corrected chi connectivity index (χ4v) is 2.06. The number of benzene rings is 1. The normalized spacial score (nSPS) is 12.7. The highest BCUT2D eigenvalue weighted by Gasteiger charge is 2.14. The second kappa shape index (κ2) is 5.36. The molecule has 2 rings (SSSR count). The molecule has 2 nitrogen and oxygen atoms in total. The van der Waals surface area contributed by atoms with Crippen molar-refractivity contribution in [2.75, 3.05) is 7.05 Å². The van der Waals surface area contributed by atoms with Crippen molar-refractivity contribution in [3.8, 4) is 11.3 Å². The molecule has 0 spiro atoms. The van der Waals surface area contributed by atoms with Gasteiger partial charge in [0.25, 0.3) is 0 Å². The first-order valence-electron chi connectivity index (χ1n) is 6.19. The van der Waals surface area contributed by atoms with Gasteiger partial charge in [-0.15, -0.1) is 0 Å². The van der Waals surface area contributed by atoms with Crippen molar-refractivity contribution >= 4 is 0 Å². The van der Waals surface area contributed by atoms with Gasteiger partial charge in [0.15, 0.2) is 0 Å². The Bertz CT molecular complexity index is 529. The van der Waals surface area contributed by atoms with Crippen LogP contribution in [0.25, 0.3) is 11.3 Å². The van der Waals surface area contributed by atoms with Crippen molar-refractivity contribution in [2.45, 2.75) is 26.3 Å². The Hall–Kier alpha value is -1.61. The average Bonchev–Trinajstić information content (AvgIpc) is 2.83. The molecular weight excluding hydrogens is 229 g/mol. The maximum Gasteiger partial charge on any atom is 0.137 e. The molecule has 0 radical (unpaired) electrons. The molecule has 96 valence electrons. The number of aryl methyl sites for hydroxylation is 1. The lowest BCUT2D eigenvalue weighted by molar-refractivity contribution is 0.430. The molecule has 1 N–H and O–H groups in total. The van der Waals surface area contributed by atoms with Crippen LogP contribution in [0.3, 0.4) is 0 Å². The van der Waals surface area contributed by atoms with Crippen LogP contribution in [0.2, 0.25) is 0 Å². The minimum Gasteiger partial charge on any atom is -0.459 e. The lowest BCUT2D eigenvalue weighted by atomic mass is 10.1. The maximum atomic E-state index is 13.8. The highest BCUT2D eigenvalue weighted by atomic mass is 19.1. The van der Waals surface area contributed by atoms with Crippen molar-refractivity contribution in [3.63, 3.8) is 0 Å². The third-order valence-corrected chi connectivity index (χ3v) is 3.11. The summed E-state index contributed by atoms with van der Waals surface area (Å²) in [5.41, 5.74) is 1.54. The summed E-state index contributed by atoms with van der Waals surface area (Å²) in [4.78, 5) is 0. The maximum absolute atomic E-state index is 13.8. The van der Waals surface area contributed by atoms with Crippen molar-refractivity contribution in [3.05, 3.63) is 47.5 Å². The molecule has 1 aromatic carbocycles. The van der Waals surface area contributed by atoms with Gasteiger partial charge in [-0.25, -0.2) is 4.39 Å². The van der Waals surface area contributed by atoms with Crippen molar-refractivity contribution in [1.82, 2.24) is 5.32 Å². The predicted molar refractivity (Wildman–Crippen MR) is 70.9 cm³/mol. The number of furan rings is 1. The third-order valence-electron chi connectivity index (χ3n) is 3.11. The molecule has 1 heterocycles. The van der Waals surface area contributed by atoms with Gasteiger partial charge in [0.05, 0.1) is 11.6 Å². The van der Waals surface area contributed by atoms with Gasteiger partial charge >= 0.3 is 0 Å². The summed E-state index contributed by atoms with van der Waals surface area (Å²) in [5.74, 6) is 1.18. The van der Waals surface area contributed by atoms with Gasteiger partial charge in [-0.3, -0.25) is 0 Å². The van der Waals surface area contributed by atoms with E-state index in [0.717, 1.165) is 17.7 Å². The molecule has 0 aliphatic rings. The third kappa shape index (κ3) is 2.46. The summed E-state index contributed by atoms with van der Waals surface area (Å²) in [6.45, 7) is 4.02. The van der Waals surface area contributed by atoms with E-state index < -0.39 is 0 Å². The summed E-state index contributed by atoms with van der Waals surface area (Å²) in [6, 6.07) is 8.94. The van der Waals surface area contributed by atoms with Crippen molar-refractivity contribution in [2.24, 2.45) is 0 Å². The van der Waals surface area contributed by atoms with E-state index in [-0.39, 0.29) is 11.9 Å². The van der Waals surface area contributed by atoms with E-state index in [0.29, 0.717) is 11.3 Å². The van der Waals surface area contributed by atoms with Crippen LogP contribution in [0.4, 0.5) is 4.39 Å². The molecule has 0 aliphatic heterocycles. The van der Waals surface area contributed by atoms with Crippen molar-refractivity contribution < 1.29 is 8.81 Å². The van der Waals surface area contributed by atoms with Crippen LogP contribution in [-0.4, -0.2) is 7.05 Å². The number of rotatable bonds is 4. The standard InChI is InChI=1S/C15H18FNO/c1-4-13(17-3)15-8-7-14(18-15)11-9-10(2)5-6-12(11)16/h5-9,13,17H,4H2,1-3H3. The number of hydrogen-bond acceptors (Lipinski definition) is 2. The smallest absolute Gasteiger partial charge is 0.137 e. The van der Waals surface area contributed by atoms with Crippen LogP contribution in [0.5, 0.6) is 0 Å². The van der Waals surface area contributed by atoms with Gasteiger partial charge in [-0.2, -0.15) is 0 Å². The second-order valence-corrected chi connectivity index (χ2v) is 4.43. The van der Waals surface area contributed by atoms with E-state index in [1.165, 1.54) is 6.07 Å². The van der Waals surface area contributed by atoms with Gasteiger partial charge in [0.1, 0.15) is 17.3 Å². The fraction of sp³-hybridized carbons (Fsp3) is 0.333. The van der Waals surface area contributed by atoms with E-state index in [9.17, 15) is 4.39 Å². The van der Waals surface area contributed by atoms with Crippen LogP contribution in [0, 0.1) is 12.7 Å². The summed E-state index contributed by atoms with van der Waals surface area (Å²) in [7, 11) is 1.89. The SMILES string of the molecule is CCC(NC)c1ccc(-c2cc(C)ccc2F)o1. The predicted octanol–water partition coefficient (Wildman–Crippen LogP) is 4.06. The number of nitrogens with one attached hydrogen (secondary N) is 1. The van der Waals surface area contributed by atoms with Crippen LogP contribution in [0.1, 0.15) is 30.7 Å². The highest BCUT2D eigenvalue weighted by molar-refractivity contribution is 5.59. The Balaban J connectivity index is 2.37. The van der Waals surface area contributed by atoms with Gasteiger partial charge in [-0.1, -0.05) is 18.6 Å². The van der Waals surface area contributed by atoms with E-state index >= 15 is 0 Å². The van der Waals surface area contributed by atoms with E-state index in [2.05, 4.69) is 12.2 Å². The van der Waals surface area contributed by atoms with E-state index in [1.54, 1.807) is 12.1 Å². The Morgan fingerprint density at radius 1 is 1.28 bits per heavy atom. The molecule has 0 bridgehead atoms. The minimum absolute atomic E-state index is 0.173. The van der Waals surface area contributed by atoms with Crippen LogP contribution in [-0.2, 0) is 0 Å². The molecule has 3 heteroatoms. The molecule has 18 heavy (non-hydrogen) atoms. The number of halogens is 1. The molecule has 2 aromatic rings. The van der Waals surface area contributed by atoms with Crippen LogP contribution >= 0.6 is 0 Å². The molecular formula is C15H18FNO. The molecule has 0 saturated heterocycles. The number of hydrogen-bond donors (Lipinski definition) is 1. The first-order chi connectivity index (χ1) is 8.65. The van der Waals surface area contributed by atoms with Gasteiger partial charge in [0.2, 0.25) is 0 Å². The quantitative estimate of drug-likeness (QED) is 0.881. The largest absolute Gasteiger partial charge is 0.459 e. The minimum atomic E-state index is -0.251. The fourth-order valence-electron chi connectivity index (χ4n) is 2.06. The first kappa shape index (κ1) is 12.8. The summed E-state index contributed by atoms with van der Waals surface area (Å²) in [5, 5.41) is 3.17. The van der Waals surface area contributed by atoms with Gasteiger partial charge in [-0.05, 0) is 44.7 Å². The monoisotopic (exact) mass is 247 g/mol. The molecule has 1 aromatic heterocycles. The molecule has 0 aliphatic carbocycles. The van der Waals surface area contributed by atoms with E-state index in [1.807, 2.05) is 26.1 Å². The summed E-state index contributed by atoms with van der Waals surface area (Å²) < 4.78 is 19.5. The molecule has 0 fully saturated rings. The zero-order chi connectivity index (χ0) is 13.1. The molecule has 1 unspecified atom stereocenters. The topological polar surface area (TPSA) is 25.2 Å². The molecule has 1 atom stereocenters. The van der Waals surface area contributed by atoms with E-state index in [4.69, 9.17) is 4.42 Å². The van der Waals surface area contributed by atoms with Crippen molar-refractivity contribution in [1.29, 1.82) is 0 Å². The summed E-state index contributed by atoms with van der Waals surface area (Å²) >= 11 is 0. The van der Waals surface area contributed by atoms with Crippen LogP contribution < -0.4 is 5.32 Å². The first-order valence-corrected chi connectivity index (χ1v) is 6.19. The highest BCUT2D eigenvalue weighted by Crippen LogP contribution is 2.28. The molecule has 0 amide bonds. The second-order valence-electron chi connectivity index (χ2n) is 4.43. The Kier molecular flexibility index (Phi) is 3.82. The Labute approximate surface area is 107 Å². The lowest BCUT2D eigenvalue weighted by Gasteiger charge is -2.10. The van der Waals surface area contributed by atoms with Crippen LogP contribution in [0.15, 0.2) is 34.7 Å². The zero-order valence-corrected chi connectivity index (χ0v) is 11.0. The summed E-state index contributed by atoms with van der Waals surface area (Å²) in [6.07, 6.45) is 0.930. The molecule has 0 saturated carbocycles. The Morgan fingerprint density at radius 2 is 2.06 bits per heavy atom. The van der Waals surface area contributed by atoms with Gasteiger partial charge < -0.3 is 9.73 Å². The van der Waals surface area contributed by atoms with Gasteiger partial charge in [0, 0.05) is 0 Å². The zero-order valence-electron chi connectivity index (χ0n) is 11.0. The lowest BCUT2D eigenvalue weighted by Crippen LogP contribution is -2.14.